The minimum absolute atomic E-state index is 1.12. The van der Waals surface area contributed by atoms with Crippen molar-refractivity contribution in [2.75, 3.05) is 33.7 Å². The molecule has 2 aliphatic heterocycles. The number of rotatable bonds is 4. The molecule has 10 aromatic carbocycles. The van der Waals surface area contributed by atoms with E-state index in [4.69, 9.17) is 0 Å². The average molecular weight is 769 g/mol. The Morgan fingerprint density at radius 3 is 1.12 bits per heavy atom. The van der Waals surface area contributed by atoms with Crippen LogP contribution in [0.3, 0.4) is 0 Å². The highest BCUT2D eigenvalue weighted by Crippen LogP contribution is 2.55. The fourth-order valence-corrected chi connectivity index (χ4v) is 9.88. The van der Waals surface area contributed by atoms with Gasteiger partial charge in [0.25, 0.3) is 0 Å². The van der Waals surface area contributed by atoms with Crippen molar-refractivity contribution in [2.24, 2.45) is 0 Å². The molecule has 0 aliphatic carbocycles. The molecule has 0 bridgehead atoms. The number of hydrogen-bond acceptors (Lipinski definition) is 4. The second kappa shape index (κ2) is 13.4. The Balaban J connectivity index is 1.18. The summed E-state index contributed by atoms with van der Waals surface area (Å²) in [7, 11) is 4.33. The lowest BCUT2D eigenvalue weighted by Gasteiger charge is -2.39. The fraction of sp³-hybridized carbons (Fsp3) is 0.0357. The first-order chi connectivity index (χ1) is 29.6. The van der Waals surface area contributed by atoms with Gasteiger partial charge in [-0.05, 0) is 133 Å². The van der Waals surface area contributed by atoms with Crippen molar-refractivity contribution in [1.29, 1.82) is 0 Å². The first-order valence-corrected chi connectivity index (χ1v) is 20.6. The summed E-state index contributed by atoms with van der Waals surface area (Å²) in [6.45, 7) is 0. The monoisotopic (exact) mass is 768 g/mol. The molecule has 0 unspecified atom stereocenters. The Morgan fingerprint density at radius 1 is 0.267 bits per heavy atom. The summed E-state index contributed by atoms with van der Waals surface area (Å²) in [4.78, 5) is 9.48. The predicted octanol–water partition coefficient (Wildman–Crippen LogP) is 15.6. The van der Waals surface area contributed by atoms with Gasteiger partial charge in [0, 0.05) is 25.5 Å². The van der Waals surface area contributed by atoms with E-state index in [2.05, 4.69) is 240 Å². The maximum Gasteiger partial charge on any atom is 0.0699 e. The number of anilines is 10. The molecule has 4 nitrogen and oxygen atoms in total. The molecule has 0 saturated heterocycles. The van der Waals surface area contributed by atoms with Crippen LogP contribution in [0.1, 0.15) is 0 Å². The van der Waals surface area contributed by atoms with Gasteiger partial charge in [-0.15, -0.1) is 0 Å². The minimum Gasteiger partial charge on any atom is -0.341 e. The van der Waals surface area contributed by atoms with Crippen LogP contribution in [-0.2, 0) is 0 Å². The first-order valence-electron chi connectivity index (χ1n) is 20.6. The van der Waals surface area contributed by atoms with Gasteiger partial charge in [0.15, 0.2) is 0 Å². The van der Waals surface area contributed by atoms with Crippen LogP contribution in [0.4, 0.5) is 56.9 Å². The van der Waals surface area contributed by atoms with Crippen LogP contribution in [0, 0.1) is 0 Å². The molecule has 12 rings (SSSR count). The highest BCUT2D eigenvalue weighted by molar-refractivity contribution is 6.23. The molecule has 2 aliphatic rings. The van der Waals surface area contributed by atoms with Crippen LogP contribution in [-0.4, -0.2) is 14.1 Å². The molecule has 0 radical (unpaired) electrons. The Morgan fingerprint density at radius 2 is 0.650 bits per heavy atom. The van der Waals surface area contributed by atoms with E-state index in [9.17, 15) is 0 Å². The molecule has 4 heteroatoms. The highest BCUT2D eigenvalue weighted by Gasteiger charge is 2.30. The number of nitrogens with zero attached hydrogens (tertiary/aromatic N) is 4. The number of benzene rings is 10. The van der Waals surface area contributed by atoms with Gasteiger partial charge < -0.3 is 19.6 Å². The van der Waals surface area contributed by atoms with Gasteiger partial charge in [0.2, 0.25) is 0 Å². The lowest BCUT2D eigenvalue weighted by Crippen LogP contribution is -2.24. The van der Waals surface area contributed by atoms with E-state index in [-0.39, 0.29) is 0 Å². The number of para-hydroxylation sites is 8. The van der Waals surface area contributed by atoms with Crippen LogP contribution in [0.5, 0.6) is 0 Å². The van der Waals surface area contributed by atoms with Crippen LogP contribution < -0.4 is 19.6 Å². The highest BCUT2D eigenvalue weighted by atomic mass is 15.3. The molecule has 0 amide bonds. The van der Waals surface area contributed by atoms with E-state index in [0.29, 0.717) is 0 Å². The Hall–Kier alpha value is -7.82. The van der Waals surface area contributed by atoms with Gasteiger partial charge in [-0.3, -0.25) is 0 Å². The quantitative estimate of drug-likeness (QED) is 0.165. The maximum absolute atomic E-state index is 2.44. The molecule has 0 spiro atoms. The lowest BCUT2D eigenvalue weighted by atomic mass is 9.85. The molecule has 0 fully saturated rings. The topological polar surface area (TPSA) is 13.0 Å². The van der Waals surface area contributed by atoms with E-state index in [0.717, 1.165) is 34.1 Å². The van der Waals surface area contributed by atoms with Crippen LogP contribution in [0.15, 0.2) is 206 Å². The van der Waals surface area contributed by atoms with Gasteiger partial charge in [-0.25, -0.2) is 0 Å². The zero-order valence-electron chi connectivity index (χ0n) is 33.4. The normalized spacial score (nSPS) is 13.0. The van der Waals surface area contributed by atoms with Gasteiger partial charge in [-0.1, -0.05) is 127 Å². The third-order valence-corrected chi connectivity index (χ3v) is 12.6. The second-order valence-corrected chi connectivity index (χ2v) is 15.9. The fourth-order valence-electron chi connectivity index (χ4n) is 9.88. The van der Waals surface area contributed by atoms with Crippen LogP contribution in [0.2, 0.25) is 0 Å². The van der Waals surface area contributed by atoms with Crippen molar-refractivity contribution in [3.05, 3.63) is 206 Å². The Labute approximate surface area is 350 Å². The molecule has 0 atom stereocenters. The third-order valence-electron chi connectivity index (χ3n) is 12.6. The molecule has 10 aromatic rings. The SMILES string of the molecule is CN1c2ccccc2N(c2ccc3c(-c4ccc5ccccc5c4)c4cc(N5c6ccccc6N(C)c6ccccc65)ccc4c(-c4ccccc4)c3c2)c2ccccc21. The van der Waals surface area contributed by atoms with Gasteiger partial charge in [0.1, 0.15) is 0 Å². The van der Waals surface area contributed by atoms with Gasteiger partial charge in [-0.2, -0.15) is 0 Å². The molecule has 60 heavy (non-hydrogen) atoms. The summed E-state index contributed by atoms with van der Waals surface area (Å²) in [6.07, 6.45) is 0. The smallest absolute Gasteiger partial charge is 0.0699 e. The second-order valence-electron chi connectivity index (χ2n) is 15.9. The summed E-state index contributed by atoms with van der Waals surface area (Å²) in [5.74, 6) is 0. The van der Waals surface area contributed by atoms with E-state index in [1.165, 1.54) is 77.3 Å². The number of hydrogen-bond donors (Lipinski definition) is 0. The van der Waals surface area contributed by atoms with Gasteiger partial charge in [0.05, 0.1) is 45.5 Å². The van der Waals surface area contributed by atoms with E-state index >= 15 is 0 Å². The zero-order chi connectivity index (χ0) is 39.9. The molecule has 0 saturated carbocycles. The molecule has 284 valence electrons. The molecule has 0 N–H and O–H groups in total. The van der Waals surface area contributed by atoms with E-state index < -0.39 is 0 Å². The lowest BCUT2D eigenvalue weighted by molar-refractivity contribution is 1.13. The molecule has 0 aromatic heterocycles. The van der Waals surface area contributed by atoms with Gasteiger partial charge >= 0.3 is 0 Å². The van der Waals surface area contributed by atoms with Crippen molar-refractivity contribution in [1.82, 2.24) is 0 Å². The first kappa shape index (κ1) is 34.2. The predicted molar refractivity (Wildman–Crippen MR) is 255 cm³/mol. The number of fused-ring (bicyclic) bond motifs is 7. The summed E-state index contributed by atoms with van der Waals surface area (Å²) < 4.78 is 0. The third kappa shape index (κ3) is 5.11. The Kier molecular flexibility index (Phi) is 7.63. The van der Waals surface area contributed by atoms with E-state index in [1.54, 1.807) is 0 Å². The zero-order valence-corrected chi connectivity index (χ0v) is 33.4. The van der Waals surface area contributed by atoms with Crippen molar-refractivity contribution in [2.45, 2.75) is 0 Å². The standard InChI is InChI=1S/C56H40N4/c1-57-47-20-8-12-24-51(47)59(52-25-13-9-21-48(52)57)41-31-33-44-45(35-41)55(38-17-4-3-5-18-38)43-32-30-42(36-46(43)56(44)40-29-28-37-16-6-7-19-39(37)34-40)60-53-26-14-10-22-49(53)58(2)50-23-11-15-27-54(50)60/h3-36H,1-2H3. The van der Waals surface area contributed by atoms with Crippen LogP contribution in [0.25, 0.3) is 54.6 Å². The average Bonchev–Trinajstić information content (AvgIpc) is 3.31. The van der Waals surface area contributed by atoms with Crippen molar-refractivity contribution in [3.63, 3.8) is 0 Å². The molecular weight excluding hydrogens is 729 g/mol. The Bertz CT molecular complexity index is 3240. The molecular formula is C56H40N4. The minimum atomic E-state index is 1.12. The largest absolute Gasteiger partial charge is 0.341 e. The summed E-state index contributed by atoms with van der Waals surface area (Å²) >= 11 is 0. The van der Waals surface area contributed by atoms with E-state index in [1.807, 2.05) is 0 Å². The van der Waals surface area contributed by atoms with Crippen LogP contribution >= 0.6 is 0 Å². The summed E-state index contributed by atoms with van der Waals surface area (Å²) in [5, 5.41) is 7.32. The van der Waals surface area contributed by atoms with Crippen molar-refractivity contribution >= 4 is 89.2 Å². The summed E-state index contributed by atoms with van der Waals surface area (Å²) in [6, 6.07) is 75.8. The maximum atomic E-state index is 2.44. The van der Waals surface area contributed by atoms with Crippen molar-refractivity contribution < 1.29 is 0 Å². The van der Waals surface area contributed by atoms with Crippen molar-refractivity contribution in [3.8, 4) is 22.3 Å². The summed E-state index contributed by atoms with van der Waals surface area (Å²) in [5.41, 5.74) is 16.4. The molecule has 2 heterocycles.